The summed E-state index contributed by atoms with van der Waals surface area (Å²) in [5.41, 5.74) is 9.69. The molecule has 7 aromatic carbocycles. The van der Waals surface area contributed by atoms with Gasteiger partial charge in [0.25, 0.3) is 0 Å². The highest BCUT2D eigenvalue weighted by molar-refractivity contribution is 6.21. The van der Waals surface area contributed by atoms with Crippen LogP contribution in [0.5, 0.6) is 0 Å². The van der Waals surface area contributed by atoms with Crippen molar-refractivity contribution in [3.05, 3.63) is 158 Å². The molecule has 2 nitrogen and oxygen atoms in total. The highest BCUT2D eigenvalue weighted by Gasteiger charge is 2.16. The highest BCUT2D eigenvalue weighted by atomic mass is 15.0. The molecule has 0 saturated carbocycles. The second kappa shape index (κ2) is 8.95. The summed E-state index contributed by atoms with van der Waals surface area (Å²) in [6.07, 6.45) is 0. The van der Waals surface area contributed by atoms with Gasteiger partial charge < -0.3 is 9.13 Å². The smallest absolute Gasteiger partial charge is 0.0547 e. The molecule has 0 radical (unpaired) electrons. The van der Waals surface area contributed by atoms with Gasteiger partial charge in [-0.2, -0.15) is 0 Å². The van der Waals surface area contributed by atoms with E-state index in [0.717, 1.165) is 0 Å². The Hall–Kier alpha value is -5.60. The second-order valence-electron chi connectivity index (χ2n) is 11.0. The van der Waals surface area contributed by atoms with E-state index < -0.39 is 0 Å². The first-order valence-corrected chi connectivity index (χ1v) is 14.5. The van der Waals surface area contributed by atoms with Crippen LogP contribution in [0.4, 0.5) is 0 Å². The number of nitrogens with zero attached hydrogens (tertiary/aromatic N) is 2. The summed E-state index contributed by atoms with van der Waals surface area (Å²) in [6.45, 7) is 0. The minimum Gasteiger partial charge on any atom is -0.309 e. The molecule has 2 aromatic heterocycles. The van der Waals surface area contributed by atoms with Crippen LogP contribution in [0.3, 0.4) is 0 Å². The van der Waals surface area contributed by atoms with E-state index in [1.807, 2.05) is 0 Å². The average Bonchev–Trinajstić information content (AvgIpc) is 3.58. The van der Waals surface area contributed by atoms with Gasteiger partial charge in [0.2, 0.25) is 0 Å². The number of benzene rings is 7. The molecule has 42 heavy (non-hydrogen) atoms. The van der Waals surface area contributed by atoms with Crippen LogP contribution < -0.4 is 0 Å². The summed E-state index contributed by atoms with van der Waals surface area (Å²) in [4.78, 5) is 0. The Morgan fingerprint density at radius 3 is 1.67 bits per heavy atom. The topological polar surface area (TPSA) is 9.86 Å². The Balaban J connectivity index is 1.20. The monoisotopic (exact) mass is 534 g/mol. The number of para-hydroxylation sites is 3. The number of hydrogen-bond acceptors (Lipinski definition) is 0. The third-order valence-corrected chi connectivity index (χ3v) is 8.71. The SMILES string of the molecule is c1ccc(-n2c3ccccc3c3cc(-c4ccc(-n5c6ccccc6c6c7ccccc7ccc65)cc4)ccc32)cc1. The Morgan fingerprint density at radius 2 is 0.857 bits per heavy atom. The first-order chi connectivity index (χ1) is 20.8. The van der Waals surface area contributed by atoms with Gasteiger partial charge in [0.15, 0.2) is 0 Å². The molecule has 0 aliphatic heterocycles. The van der Waals surface area contributed by atoms with Crippen LogP contribution in [-0.4, -0.2) is 9.13 Å². The first-order valence-electron chi connectivity index (χ1n) is 14.5. The molecular formula is C40H26N2. The highest BCUT2D eigenvalue weighted by Crippen LogP contribution is 2.38. The van der Waals surface area contributed by atoms with Crippen molar-refractivity contribution in [3.63, 3.8) is 0 Å². The summed E-state index contributed by atoms with van der Waals surface area (Å²) in [7, 11) is 0. The fraction of sp³-hybridized carbons (Fsp3) is 0. The number of hydrogen-bond donors (Lipinski definition) is 0. The Morgan fingerprint density at radius 1 is 0.310 bits per heavy atom. The predicted molar refractivity (Wildman–Crippen MR) is 178 cm³/mol. The van der Waals surface area contributed by atoms with E-state index >= 15 is 0 Å². The van der Waals surface area contributed by atoms with Gasteiger partial charge in [-0.05, 0) is 76.5 Å². The largest absolute Gasteiger partial charge is 0.309 e. The lowest BCUT2D eigenvalue weighted by Gasteiger charge is -2.10. The average molecular weight is 535 g/mol. The normalized spacial score (nSPS) is 11.8. The minimum absolute atomic E-state index is 1.17. The molecule has 196 valence electrons. The van der Waals surface area contributed by atoms with Crippen molar-refractivity contribution in [2.45, 2.75) is 0 Å². The van der Waals surface area contributed by atoms with E-state index in [0.29, 0.717) is 0 Å². The van der Waals surface area contributed by atoms with Gasteiger partial charge in [-0.3, -0.25) is 0 Å². The Labute approximate surface area is 243 Å². The number of aromatic nitrogens is 2. The van der Waals surface area contributed by atoms with Crippen molar-refractivity contribution in [1.82, 2.24) is 9.13 Å². The van der Waals surface area contributed by atoms with Crippen LogP contribution in [0.1, 0.15) is 0 Å². The zero-order valence-corrected chi connectivity index (χ0v) is 22.9. The Bertz CT molecular complexity index is 2440. The fourth-order valence-corrected chi connectivity index (χ4v) is 6.83. The number of rotatable bonds is 3. The van der Waals surface area contributed by atoms with Gasteiger partial charge in [0.1, 0.15) is 0 Å². The molecule has 2 heteroatoms. The van der Waals surface area contributed by atoms with Gasteiger partial charge >= 0.3 is 0 Å². The summed E-state index contributed by atoms with van der Waals surface area (Å²) in [6, 6.07) is 57.2. The predicted octanol–water partition coefficient (Wildman–Crippen LogP) is 10.7. The minimum atomic E-state index is 1.17. The molecule has 0 atom stereocenters. The van der Waals surface area contributed by atoms with Crippen molar-refractivity contribution in [1.29, 1.82) is 0 Å². The Kier molecular flexibility index (Phi) is 4.93. The summed E-state index contributed by atoms with van der Waals surface area (Å²) in [5.74, 6) is 0. The van der Waals surface area contributed by atoms with E-state index in [1.54, 1.807) is 0 Å². The molecule has 0 amide bonds. The fourth-order valence-electron chi connectivity index (χ4n) is 6.83. The molecule has 0 unspecified atom stereocenters. The quantitative estimate of drug-likeness (QED) is 0.213. The molecule has 0 N–H and O–H groups in total. The molecule has 0 aliphatic carbocycles. The van der Waals surface area contributed by atoms with E-state index in [2.05, 4.69) is 167 Å². The van der Waals surface area contributed by atoms with Crippen molar-refractivity contribution in [3.8, 4) is 22.5 Å². The van der Waals surface area contributed by atoms with Crippen LogP contribution in [0.15, 0.2) is 158 Å². The zero-order chi connectivity index (χ0) is 27.6. The van der Waals surface area contributed by atoms with Crippen LogP contribution >= 0.6 is 0 Å². The maximum atomic E-state index is 2.40. The third kappa shape index (κ3) is 3.33. The molecule has 2 heterocycles. The van der Waals surface area contributed by atoms with Crippen LogP contribution in [0.2, 0.25) is 0 Å². The van der Waals surface area contributed by atoms with Crippen molar-refractivity contribution < 1.29 is 0 Å². The maximum Gasteiger partial charge on any atom is 0.0547 e. The first kappa shape index (κ1) is 23.1. The van der Waals surface area contributed by atoms with Gasteiger partial charge in [-0.1, -0.05) is 103 Å². The van der Waals surface area contributed by atoms with Crippen LogP contribution in [0.25, 0.3) is 76.9 Å². The van der Waals surface area contributed by atoms with Crippen LogP contribution in [0, 0.1) is 0 Å². The van der Waals surface area contributed by atoms with Gasteiger partial charge in [0.05, 0.1) is 22.1 Å². The van der Waals surface area contributed by atoms with E-state index in [4.69, 9.17) is 0 Å². The molecular weight excluding hydrogens is 508 g/mol. The van der Waals surface area contributed by atoms with Gasteiger partial charge in [-0.15, -0.1) is 0 Å². The molecule has 0 spiro atoms. The summed E-state index contributed by atoms with van der Waals surface area (Å²) in [5, 5.41) is 7.70. The van der Waals surface area contributed by atoms with Gasteiger partial charge in [-0.25, -0.2) is 0 Å². The molecule has 9 aromatic rings. The molecule has 0 aliphatic rings. The standard InChI is InChI=1S/C40H26N2/c1-2-11-30(12-3-1)41-36-16-8-6-14-33(36)35-26-29(21-24-38(35)41)27-18-22-31(23-19-27)42-37-17-9-7-15-34(37)40-32-13-5-4-10-28(32)20-25-39(40)42/h1-26H. The molecule has 9 rings (SSSR count). The van der Waals surface area contributed by atoms with Crippen molar-refractivity contribution in [2.24, 2.45) is 0 Å². The molecule has 0 saturated heterocycles. The summed E-state index contributed by atoms with van der Waals surface area (Å²) < 4.78 is 4.76. The molecule has 0 fully saturated rings. The lowest BCUT2D eigenvalue weighted by molar-refractivity contribution is 1.18. The van der Waals surface area contributed by atoms with E-state index in [9.17, 15) is 0 Å². The van der Waals surface area contributed by atoms with Gasteiger partial charge in [0, 0.05) is 32.9 Å². The van der Waals surface area contributed by atoms with Crippen molar-refractivity contribution >= 4 is 54.4 Å². The zero-order valence-electron chi connectivity index (χ0n) is 22.9. The second-order valence-corrected chi connectivity index (χ2v) is 11.0. The van der Waals surface area contributed by atoms with E-state index in [-0.39, 0.29) is 0 Å². The van der Waals surface area contributed by atoms with E-state index in [1.165, 1.54) is 76.9 Å². The lowest BCUT2D eigenvalue weighted by Crippen LogP contribution is -1.94. The molecule has 0 bridgehead atoms. The van der Waals surface area contributed by atoms with Crippen LogP contribution in [-0.2, 0) is 0 Å². The summed E-state index contributed by atoms with van der Waals surface area (Å²) >= 11 is 0. The maximum absolute atomic E-state index is 2.40. The third-order valence-electron chi connectivity index (χ3n) is 8.71. The lowest BCUT2D eigenvalue weighted by atomic mass is 10.0. The number of fused-ring (bicyclic) bond motifs is 8. The van der Waals surface area contributed by atoms with Crippen molar-refractivity contribution in [2.75, 3.05) is 0 Å².